The van der Waals surface area contributed by atoms with Crippen molar-refractivity contribution >= 4 is 0 Å². The van der Waals surface area contributed by atoms with E-state index in [1.807, 2.05) is 6.20 Å². The van der Waals surface area contributed by atoms with Crippen molar-refractivity contribution in [3.05, 3.63) is 24.0 Å². The summed E-state index contributed by atoms with van der Waals surface area (Å²) < 4.78 is 5.75. The Hall–Kier alpha value is -1.13. The van der Waals surface area contributed by atoms with Gasteiger partial charge >= 0.3 is 0 Å². The van der Waals surface area contributed by atoms with E-state index >= 15 is 0 Å². The first-order valence-corrected chi connectivity index (χ1v) is 6.79. The summed E-state index contributed by atoms with van der Waals surface area (Å²) in [5.74, 6) is 2.09. The maximum Gasteiger partial charge on any atom is 0.137 e. The number of nitrogens with one attached hydrogen (secondary N) is 1. The number of nitrogens with zero attached hydrogens (tertiary/aromatic N) is 1. The van der Waals surface area contributed by atoms with Gasteiger partial charge in [0.25, 0.3) is 0 Å². The molecule has 0 radical (unpaired) electrons. The van der Waals surface area contributed by atoms with Gasteiger partial charge in [0.1, 0.15) is 12.4 Å². The molecule has 3 rings (SSSR count). The molecular weight excluding hydrogens is 228 g/mol. The molecule has 0 aromatic carbocycles. The summed E-state index contributed by atoms with van der Waals surface area (Å²) in [6.45, 7) is 2.13. The number of aliphatic hydroxyl groups excluding tert-OH is 1. The zero-order valence-electron chi connectivity index (χ0n) is 10.5. The first kappa shape index (κ1) is 11.9. The number of aliphatic hydroxyl groups is 1. The third-order valence-corrected chi connectivity index (χ3v) is 3.96. The van der Waals surface area contributed by atoms with Crippen molar-refractivity contribution in [3.8, 4) is 5.75 Å². The zero-order valence-corrected chi connectivity index (χ0v) is 10.5. The summed E-state index contributed by atoms with van der Waals surface area (Å²) in [4.78, 5) is 4.25. The van der Waals surface area contributed by atoms with E-state index in [4.69, 9.17) is 9.84 Å². The first-order chi connectivity index (χ1) is 8.86. The Kier molecular flexibility index (Phi) is 3.48. The molecule has 2 aliphatic rings. The molecule has 98 valence electrons. The highest BCUT2D eigenvalue weighted by Gasteiger charge is 2.37. The van der Waals surface area contributed by atoms with Gasteiger partial charge in [0.05, 0.1) is 6.20 Å². The van der Waals surface area contributed by atoms with Crippen LogP contribution in [-0.2, 0) is 0 Å². The third-order valence-electron chi connectivity index (χ3n) is 3.96. The molecule has 2 heterocycles. The van der Waals surface area contributed by atoms with Gasteiger partial charge < -0.3 is 15.2 Å². The quantitative estimate of drug-likeness (QED) is 0.797. The molecule has 18 heavy (non-hydrogen) atoms. The molecule has 0 spiro atoms. The lowest BCUT2D eigenvalue weighted by atomic mass is 10.1. The zero-order chi connectivity index (χ0) is 12.4. The average Bonchev–Trinajstić information content (AvgIpc) is 3.07. The van der Waals surface area contributed by atoms with Gasteiger partial charge in [-0.1, -0.05) is 0 Å². The summed E-state index contributed by atoms with van der Waals surface area (Å²) in [6.07, 6.45) is 6.99. The Balaban J connectivity index is 1.55. The molecule has 1 aliphatic heterocycles. The van der Waals surface area contributed by atoms with Crippen LogP contribution < -0.4 is 10.1 Å². The van der Waals surface area contributed by atoms with Crippen LogP contribution in [-0.4, -0.2) is 35.9 Å². The summed E-state index contributed by atoms with van der Waals surface area (Å²) in [5, 5.41) is 12.2. The fraction of sp³-hybridized carbons (Fsp3) is 0.643. The van der Waals surface area contributed by atoms with Crippen LogP contribution in [0.1, 0.15) is 30.7 Å². The van der Waals surface area contributed by atoms with E-state index in [1.165, 1.54) is 18.4 Å². The molecule has 0 unspecified atom stereocenters. The van der Waals surface area contributed by atoms with Gasteiger partial charge in [-0.25, -0.2) is 0 Å². The van der Waals surface area contributed by atoms with Crippen LogP contribution in [0.2, 0.25) is 0 Å². The lowest BCUT2D eigenvalue weighted by Crippen LogP contribution is -2.46. The number of hydrogen-bond donors (Lipinski definition) is 2. The first-order valence-electron chi connectivity index (χ1n) is 6.79. The van der Waals surface area contributed by atoms with E-state index < -0.39 is 0 Å². The summed E-state index contributed by atoms with van der Waals surface area (Å²) in [5.41, 5.74) is 1.26. The van der Waals surface area contributed by atoms with Crippen LogP contribution in [0, 0.1) is 5.92 Å². The van der Waals surface area contributed by atoms with Gasteiger partial charge in [-0.05, 0) is 49.3 Å². The Morgan fingerprint density at radius 3 is 3.06 bits per heavy atom. The number of aromatic nitrogens is 1. The minimum absolute atomic E-state index is 0.290. The van der Waals surface area contributed by atoms with Crippen molar-refractivity contribution < 1.29 is 9.84 Å². The summed E-state index contributed by atoms with van der Waals surface area (Å²) in [7, 11) is 0. The third kappa shape index (κ3) is 2.65. The molecule has 0 amide bonds. The monoisotopic (exact) mass is 248 g/mol. The number of pyridine rings is 1. The van der Waals surface area contributed by atoms with Crippen LogP contribution in [0.4, 0.5) is 0 Å². The average molecular weight is 248 g/mol. The van der Waals surface area contributed by atoms with E-state index in [-0.39, 0.29) is 6.61 Å². The molecule has 0 bridgehead atoms. The second kappa shape index (κ2) is 5.24. The SMILES string of the molecule is OCC[C@H]1C[C@@H]1c1cncc(OC[C@H]2CCN2)c1. The van der Waals surface area contributed by atoms with Gasteiger partial charge in [-0.3, -0.25) is 4.98 Å². The van der Waals surface area contributed by atoms with Crippen molar-refractivity contribution in [2.24, 2.45) is 5.92 Å². The minimum Gasteiger partial charge on any atom is -0.490 e. The molecular formula is C14H20N2O2. The summed E-state index contributed by atoms with van der Waals surface area (Å²) >= 11 is 0. The smallest absolute Gasteiger partial charge is 0.137 e. The maximum atomic E-state index is 8.93. The van der Waals surface area contributed by atoms with Crippen LogP contribution in [0.5, 0.6) is 5.75 Å². The molecule has 4 nitrogen and oxygen atoms in total. The van der Waals surface area contributed by atoms with Gasteiger partial charge in [0.15, 0.2) is 0 Å². The van der Waals surface area contributed by atoms with Gasteiger partial charge in [-0.2, -0.15) is 0 Å². The van der Waals surface area contributed by atoms with Crippen molar-refractivity contribution in [2.75, 3.05) is 19.8 Å². The molecule has 2 N–H and O–H groups in total. The maximum absolute atomic E-state index is 8.93. The molecule has 1 aliphatic carbocycles. The minimum atomic E-state index is 0.290. The Morgan fingerprint density at radius 1 is 1.44 bits per heavy atom. The molecule has 1 saturated heterocycles. The van der Waals surface area contributed by atoms with Crippen molar-refractivity contribution in [1.29, 1.82) is 0 Å². The molecule has 2 fully saturated rings. The lowest BCUT2D eigenvalue weighted by molar-refractivity contribution is 0.216. The van der Waals surface area contributed by atoms with Gasteiger partial charge in [0, 0.05) is 18.8 Å². The predicted molar refractivity (Wildman–Crippen MR) is 68.7 cm³/mol. The van der Waals surface area contributed by atoms with Crippen LogP contribution >= 0.6 is 0 Å². The van der Waals surface area contributed by atoms with Crippen LogP contribution in [0.15, 0.2) is 18.5 Å². The largest absolute Gasteiger partial charge is 0.490 e. The lowest BCUT2D eigenvalue weighted by Gasteiger charge is -2.27. The predicted octanol–water partition coefficient (Wildman–Crippen LogP) is 1.31. The molecule has 1 aromatic heterocycles. The Labute approximate surface area is 107 Å². The standard InChI is InChI=1S/C14H20N2O2/c17-4-2-10-6-14(10)11-5-13(8-15-7-11)18-9-12-1-3-16-12/h5,7-8,10,12,14,16-17H,1-4,6,9H2/t10-,12+,14-/m0/s1. The van der Waals surface area contributed by atoms with Gasteiger partial charge in [0.2, 0.25) is 0 Å². The van der Waals surface area contributed by atoms with Crippen molar-refractivity contribution in [3.63, 3.8) is 0 Å². The molecule has 4 heteroatoms. The highest BCUT2D eigenvalue weighted by molar-refractivity contribution is 5.30. The molecule has 3 atom stereocenters. The Bertz CT molecular complexity index is 407. The molecule has 1 aromatic rings. The summed E-state index contributed by atoms with van der Waals surface area (Å²) in [6, 6.07) is 2.62. The number of ether oxygens (including phenoxy) is 1. The van der Waals surface area contributed by atoms with E-state index in [1.54, 1.807) is 6.20 Å². The van der Waals surface area contributed by atoms with Crippen molar-refractivity contribution in [2.45, 2.75) is 31.2 Å². The second-order valence-corrected chi connectivity index (χ2v) is 5.32. The fourth-order valence-corrected chi connectivity index (χ4v) is 2.55. The van der Waals surface area contributed by atoms with Gasteiger partial charge in [-0.15, -0.1) is 0 Å². The highest BCUT2D eigenvalue weighted by atomic mass is 16.5. The highest BCUT2D eigenvalue weighted by Crippen LogP contribution is 2.49. The van der Waals surface area contributed by atoms with E-state index in [9.17, 15) is 0 Å². The van der Waals surface area contributed by atoms with Crippen LogP contribution in [0.25, 0.3) is 0 Å². The van der Waals surface area contributed by atoms with E-state index in [0.29, 0.717) is 17.9 Å². The second-order valence-electron chi connectivity index (χ2n) is 5.32. The number of hydrogen-bond acceptors (Lipinski definition) is 4. The number of rotatable bonds is 6. The fourth-order valence-electron chi connectivity index (χ4n) is 2.55. The Morgan fingerprint density at radius 2 is 2.33 bits per heavy atom. The van der Waals surface area contributed by atoms with Crippen molar-refractivity contribution in [1.82, 2.24) is 10.3 Å². The molecule has 1 saturated carbocycles. The van der Waals surface area contributed by atoms with Crippen LogP contribution in [0.3, 0.4) is 0 Å². The van der Waals surface area contributed by atoms with E-state index in [0.717, 1.165) is 25.3 Å². The van der Waals surface area contributed by atoms with E-state index in [2.05, 4.69) is 16.4 Å². The normalized spacial score (nSPS) is 29.7. The topological polar surface area (TPSA) is 54.4 Å².